The van der Waals surface area contributed by atoms with E-state index in [1.165, 1.54) is 25.7 Å². The Bertz CT molecular complexity index is 667. The monoisotopic (exact) mass is 355 g/mol. The SMILES string of the molecule is CCCCCCCOc1ccc(NC(=O)COc2ccccc2C)cc1. The van der Waals surface area contributed by atoms with E-state index in [0.29, 0.717) is 0 Å². The Hall–Kier alpha value is -2.49. The molecule has 4 nitrogen and oxygen atoms in total. The Morgan fingerprint density at radius 2 is 1.65 bits per heavy atom. The molecule has 2 rings (SSSR count). The number of hydrogen-bond acceptors (Lipinski definition) is 3. The first-order chi connectivity index (χ1) is 12.7. The van der Waals surface area contributed by atoms with Gasteiger partial charge in [0, 0.05) is 5.69 Å². The minimum atomic E-state index is -0.183. The lowest BCUT2D eigenvalue weighted by molar-refractivity contribution is -0.118. The van der Waals surface area contributed by atoms with Crippen LogP contribution in [0.15, 0.2) is 48.5 Å². The lowest BCUT2D eigenvalue weighted by Crippen LogP contribution is -2.20. The molecule has 0 spiro atoms. The van der Waals surface area contributed by atoms with E-state index in [2.05, 4.69) is 12.2 Å². The normalized spacial score (nSPS) is 10.4. The van der Waals surface area contributed by atoms with Gasteiger partial charge in [0.1, 0.15) is 11.5 Å². The summed E-state index contributed by atoms with van der Waals surface area (Å²) < 4.78 is 11.3. The molecule has 0 aliphatic heterocycles. The molecule has 2 aromatic carbocycles. The van der Waals surface area contributed by atoms with Crippen LogP contribution in [0.4, 0.5) is 5.69 Å². The second-order valence-corrected chi connectivity index (χ2v) is 6.39. The Morgan fingerprint density at radius 1 is 0.923 bits per heavy atom. The van der Waals surface area contributed by atoms with Crippen molar-refractivity contribution in [3.8, 4) is 11.5 Å². The topological polar surface area (TPSA) is 47.6 Å². The largest absolute Gasteiger partial charge is 0.494 e. The van der Waals surface area contributed by atoms with Gasteiger partial charge < -0.3 is 14.8 Å². The highest BCUT2D eigenvalue weighted by atomic mass is 16.5. The maximum absolute atomic E-state index is 12.0. The molecule has 0 atom stereocenters. The molecule has 1 amide bonds. The van der Waals surface area contributed by atoms with E-state index in [1.807, 2.05) is 55.5 Å². The van der Waals surface area contributed by atoms with Gasteiger partial charge in [-0.25, -0.2) is 0 Å². The second-order valence-electron chi connectivity index (χ2n) is 6.39. The van der Waals surface area contributed by atoms with Crippen LogP contribution in [0.3, 0.4) is 0 Å². The van der Waals surface area contributed by atoms with E-state index < -0.39 is 0 Å². The number of benzene rings is 2. The van der Waals surface area contributed by atoms with Gasteiger partial charge in [-0.1, -0.05) is 50.8 Å². The van der Waals surface area contributed by atoms with E-state index in [9.17, 15) is 4.79 Å². The summed E-state index contributed by atoms with van der Waals surface area (Å²) >= 11 is 0. The number of carbonyl (C=O) groups excluding carboxylic acids is 1. The highest BCUT2D eigenvalue weighted by Gasteiger charge is 2.05. The fraction of sp³-hybridized carbons (Fsp3) is 0.409. The van der Waals surface area contributed by atoms with Crippen LogP contribution in [-0.4, -0.2) is 19.1 Å². The Balaban J connectivity index is 1.69. The van der Waals surface area contributed by atoms with Gasteiger partial charge in [0.05, 0.1) is 6.61 Å². The van der Waals surface area contributed by atoms with E-state index in [4.69, 9.17) is 9.47 Å². The van der Waals surface area contributed by atoms with E-state index in [0.717, 1.165) is 35.8 Å². The van der Waals surface area contributed by atoms with Crippen LogP contribution in [0.5, 0.6) is 11.5 Å². The van der Waals surface area contributed by atoms with Gasteiger partial charge in [0.15, 0.2) is 6.61 Å². The van der Waals surface area contributed by atoms with Crippen molar-refractivity contribution in [2.24, 2.45) is 0 Å². The standard InChI is InChI=1S/C22H29NO3/c1-3-4-5-6-9-16-25-20-14-12-19(13-15-20)23-22(24)17-26-21-11-8-7-10-18(21)2/h7-8,10-15H,3-6,9,16-17H2,1-2H3,(H,23,24). The summed E-state index contributed by atoms with van der Waals surface area (Å²) in [4.78, 5) is 12.0. The first-order valence-corrected chi connectivity index (χ1v) is 9.40. The molecular weight excluding hydrogens is 326 g/mol. The summed E-state index contributed by atoms with van der Waals surface area (Å²) in [5, 5.41) is 2.83. The molecule has 1 N–H and O–H groups in total. The fourth-order valence-electron chi connectivity index (χ4n) is 2.59. The van der Waals surface area contributed by atoms with E-state index in [-0.39, 0.29) is 12.5 Å². The first kappa shape index (κ1) is 19.8. The molecule has 0 radical (unpaired) electrons. The van der Waals surface area contributed by atoms with Gasteiger partial charge in [-0.2, -0.15) is 0 Å². The zero-order chi connectivity index (χ0) is 18.6. The molecule has 0 saturated carbocycles. The molecule has 0 saturated heterocycles. The van der Waals surface area contributed by atoms with Crippen molar-refractivity contribution >= 4 is 11.6 Å². The molecule has 0 heterocycles. The average Bonchev–Trinajstić information content (AvgIpc) is 2.65. The highest BCUT2D eigenvalue weighted by molar-refractivity contribution is 5.91. The summed E-state index contributed by atoms with van der Waals surface area (Å²) in [5.41, 5.74) is 1.75. The van der Waals surface area contributed by atoms with Crippen molar-refractivity contribution in [3.05, 3.63) is 54.1 Å². The summed E-state index contributed by atoms with van der Waals surface area (Å²) in [5.74, 6) is 1.37. The maximum Gasteiger partial charge on any atom is 0.262 e. The van der Waals surface area contributed by atoms with Gasteiger partial charge in [-0.3, -0.25) is 4.79 Å². The molecule has 0 aliphatic carbocycles. The Labute approximate surface area is 156 Å². The van der Waals surface area contributed by atoms with Crippen LogP contribution in [0, 0.1) is 6.92 Å². The fourth-order valence-corrected chi connectivity index (χ4v) is 2.59. The number of hydrogen-bond donors (Lipinski definition) is 1. The van der Waals surface area contributed by atoms with Gasteiger partial charge >= 0.3 is 0 Å². The highest BCUT2D eigenvalue weighted by Crippen LogP contribution is 2.18. The van der Waals surface area contributed by atoms with Crippen LogP contribution in [0.1, 0.15) is 44.6 Å². The number of para-hydroxylation sites is 1. The lowest BCUT2D eigenvalue weighted by atomic mass is 10.2. The zero-order valence-corrected chi connectivity index (χ0v) is 15.8. The van der Waals surface area contributed by atoms with Crippen LogP contribution in [-0.2, 0) is 4.79 Å². The first-order valence-electron chi connectivity index (χ1n) is 9.40. The van der Waals surface area contributed by atoms with Crippen molar-refractivity contribution in [1.82, 2.24) is 0 Å². The van der Waals surface area contributed by atoms with Crippen LogP contribution >= 0.6 is 0 Å². The minimum Gasteiger partial charge on any atom is -0.494 e. The predicted molar refractivity (Wildman–Crippen MR) is 106 cm³/mol. The molecule has 4 heteroatoms. The third-order valence-electron chi connectivity index (χ3n) is 4.11. The molecule has 0 aromatic heterocycles. The predicted octanol–water partition coefficient (Wildman–Crippen LogP) is 5.36. The Morgan fingerprint density at radius 3 is 2.38 bits per heavy atom. The second kappa shape index (κ2) is 11.2. The zero-order valence-electron chi connectivity index (χ0n) is 15.8. The molecule has 0 unspecified atom stereocenters. The van der Waals surface area contributed by atoms with Crippen molar-refractivity contribution in [2.45, 2.75) is 46.0 Å². The molecule has 26 heavy (non-hydrogen) atoms. The number of amides is 1. The average molecular weight is 355 g/mol. The van der Waals surface area contributed by atoms with Gasteiger partial charge in [0.25, 0.3) is 5.91 Å². The third kappa shape index (κ3) is 7.18. The smallest absolute Gasteiger partial charge is 0.262 e. The van der Waals surface area contributed by atoms with Crippen LogP contribution in [0.25, 0.3) is 0 Å². The third-order valence-corrected chi connectivity index (χ3v) is 4.11. The molecule has 0 aliphatic rings. The molecule has 0 bridgehead atoms. The van der Waals surface area contributed by atoms with Crippen molar-refractivity contribution in [1.29, 1.82) is 0 Å². The van der Waals surface area contributed by atoms with Gasteiger partial charge in [0.2, 0.25) is 0 Å². The van der Waals surface area contributed by atoms with Crippen LogP contribution < -0.4 is 14.8 Å². The van der Waals surface area contributed by atoms with Gasteiger partial charge in [-0.15, -0.1) is 0 Å². The van der Waals surface area contributed by atoms with E-state index in [1.54, 1.807) is 0 Å². The quantitative estimate of drug-likeness (QED) is 0.552. The van der Waals surface area contributed by atoms with Crippen molar-refractivity contribution in [3.63, 3.8) is 0 Å². The maximum atomic E-state index is 12.0. The summed E-state index contributed by atoms with van der Waals surface area (Å²) in [6, 6.07) is 15.1. The molecular formula is C22H29NO3. The number of ether oxygens (including phenoxy) is 2. The number of anilines is 1. The van der Waals surface area contributed by atoms with Crippen molar-refractivity contribution < 1.29 is 14.3 Å². The minimum absolute atomic E-state index is 0.0130. The van der Waals surface area contributed by atoms with Crippen LogP contribution in [0.2, 0.25) is 0 Å². The molecule has 0 fully saturated rings. The van der Waals surface area contributed by atoms with Crippen molar-refractivity contribution in [2.75, 3.05) is 18.5 Å². The summed E-state index contributed by atoms with van der Waals surface area (Å²) in [6.45, 7) is 4.89. The number of aryl methyl sites for hydroxylation is 1. The van der Waals surface area contributed by atoms with E-state index >= 15 is 0 Å². The Kier molecular flexibility index (Phi) is 8.53. The molecule has 140 valence electrons. The number of rotatable bonds is 11. The lowest BCUT2D eigenvalue weighted by Gasteiger charge is -2.10. The van der Waals surface area contributed by atoms with Gasteiger partial charge in [-0.05, 0) is 49.2 Å². The number of unbranched alkanes of at least 4 members (excludes halogenated alkanes) is 4. The summed E-state index contributed by atoms with van der Waals surface area (Å²) in [6.07, 6.45) is 6.11. The molecule has 2 aromatic rings. The summed E-state index contributed by atoms with van der Waals surface area (Å²) in [7, 11) is 0. The number of nitrogens with one attached hydrogen (secondary N) is 1. The number of carbonyl (C=O) groups is 1.